The van der Waals surface area contributed by atoms with Crippen molar-refractivity contribution >= 4 is 15.9 Å². The largest absolute Gasteiger partial charge is 0.395 e. The molecule has 0 heterocycles. The van der Waals surface area contributed by atoms with Gasteiger partial charge in [0, 0.05) is 23.6 Å². The van der Waals surface area contributed by atoms with Crippen LogP contribution in [-0.2, 0) is 0 Å². The summed E-state index contributed by atoms with van der Waals surface area (Å²) in [6.45, 7) is 8.43. The summed E-state index contributed by atoms with van der Waals surface area (Å²) in [7, 11) is 0. The molecule has 0 saturated heterocycles. The molecule has 4 heteroatoms. The highest BCUT2D eigenvalue weighted by molar-refractivity contribution is 9.10. The van der Waals surface area contributed by atoms with Crippen molar-refractivity contribution in [2.24, 2.45) is 0 Å². The van der Waals surface area contributed by atoms with Gasteiger partial charge in [0.15, 0.2) is 0 Å². The summed E-state index contributed by atoms with van der Waals surface area (Å²) in [4.78, 5) is 2.37. The van der Waals surface area contributed by atoms with Gasteiger partial charge in [-0.2, -0.15) is 0 Å². The molecule has 21 heavy (non-hydrogen) atoms. The van der Waals surface area contributed by atoms with E-state index in [-0.39, 0.29) is 6.61 Å². The van der Waals surface area contributed by atoms with Crippen LogP contribution in [0.5, 0.6) is 0 Å². The van der Waals surface area contributed by atoms with E-state index in [9.17, 15) is 5.11 Å². The normalized spacial score (nSPS) is 12.8. The maximum atomic E-state index is 9.19. The molecule has 0 fully saturated rings. The number of aliphatic hydroxyl groups excluding tert-OH is 1. The second kappa shape index (κ2) is 11.2. The van der Waals surface area contributed by atoms with E-state index in [1.54, 1.807) is 0 Å². The van der Waals surface area contributed by atoms with E-state index in [4.69, 9.17) is 0 Å². The number of hydrogen-bond donors (Lipinski definition) is 2. The van der Waals surface area contributed by atoms with Crippen LogP contribution < -0.4 is 5.32 Å². The summed E-state index contributed by atoms with van der Waals surface area (Å²) < 4.78 is 1.13. The van der Waals surface area contributed by atoms with Gasteiger partial charge in [0.25, 0.3) is 0 Å². The van der Waals surface area contributed by atoms with Crippen molar-refractivity contribution in [1.82, 2.24) is 10.2 Å². The molecule has 0 radical (unpaired) electrons. The van der Waals surface area contributed by atoms with Crippen LogP contribution in [0.1, 0.15) is 44.7 Å². The Labute approximate surface area is 137 Å². The number of nitrogens with one attached hydrogen (secondary N) is 1. The molecule has 1 aromatic carbocycles. The van der Waals surface area contributed by atoms with E-state index in [1.165, 1.54) is 18.4 Å². The predicted molar refractivity (Wildman–Crippen MR) is 93.6 cm³/mol. The maximum absolute atomic E-state index is 9.19. The van der Waals surface area contributed by atoms with Crippen molar-refractivity contribution in [3.8, 4) is 0 Å². The van der Waals surface area contributed by atoms with E-state index in [0.717, 1.165) is 37.1 Å². The van der Waals surface area contributed by atoms with Crippen molar-refractivity contribution in [3.63, 3.8) is 0 Å². The lowest BCUT2D eigenvalue weighted by molar-refractivity contribution is 0.187. The standard InChI is InChI=1S/C17H29BrN2O/c1-3-5-10-20(12-13-21)11-9-17(19-4-2)15-7-6-8-16(18)14-15/h6-8,14,17,19,21H,3-5,9-13H2,1-2H3. The Kier molecular flexibility index (Phi) is 9.92. The number of benzene rings is 1. The molecule has 120 valence electrons. The van der Waals surface area contributed by atoms with Crippen molar-refractivity contribution in [2.75, 3.05) is 32.8 Å². The summed E-state index contributed by atoms with van der Waals surface area (Å²) in [5.41, 5.74) is 1.32. The average Bonchev–Trinajstić information content (AvgIpc) is 2.48. The van der Waals surface area contributed by atoms with Crippen LogP contribution in [0.25, 0.3) is 0 Å². The number of unbranched alkanes of at least 4 members (excludes halogenated alkanes) is 1. The lowest BCUT2D eigenvalue weighted by atomic mass is 10.0. The van der Waals surface area contributed by atoms with Crippen molar-refractivity contribution < 1.29 is 5.11 Å². The Morgan fingerprint density at radius 1 is 1.24 bits per heavy atom. The predicted octanol–water partition coefficient (Wildman–Crippen LogP) is 3.58. The van der Waals surface area contributed by atoms with Gasteiger partial charge in [0.05, 0.1) is 6.61 Å². The number of halogens is 1. The number of rotatable bonds is 11. The molecule has 0 amide bonds. The molecule has 0 spiro atoms. The lowest BCUT2D eigenvalue weighted by Crippen LogP contribution is -2.32. The van der Waals surface area contributed by atoms with Crippen LogP contribution in [0, 0.1) is 0 Å². The monoisotopic (exact) mass is 356 g/mol. The Balaban J connectivity index is 2.60. The van der Waals surface area contributed by atoms with Gasteiger partial charge in [-0.1, -0.05) is 48.3 Å². The SMILES string of the molecule is CCCCN(CCO)CCC(NCC)c1cccc(Br)c1. The van der Waals surface area contributed by atoms with Crippen molar-refractivity contribution in [1.29, 1.82) is 0 Å². The molecule has 1 aromatic rings. The minimum Gasteiger partial charge on any atom is -0.395 e. The summed E-state index contributed by atoms with van der Waals surface area (Å²) >= 11 is 3.55. The first-order chi connectivity index (χ1) is 10.2. The molecular weight excluding hydrogens is 328 g/mol. The fourth-order valence-corrected chi connectivity index (χ4v) is 2.94. The second-order valence-corrected chi connectivity index (χ2v) is 6.29. The van der Waals surface area contributed by atoms with Crippen molar-refractivity contribution in [3.05, 3.63) is 34.3 Å². The molecule has 1 atom stereocenters. The van der Waals surface area contributed by atoms with Crippen LogP contribution in [-0.4, -0.2) is 42.8 Å². The van der Waals surface area contributed by atoms with Gasteiger partial charge in [-0.3, -0.25) is 0 Å². The van der Waals surface area contributed by atoms with Gasteiger partial charge in [-0.25, -0.2) is 0 Å². The van der Waals surface area contributed by atoms with E-state index in [1.807, 2.05) is 0 Å². The van der Waals surface area contributed by atoms with Gasteiger partial charge >= 0.3 is 0 Å². The molecular formula is C17H29BrN2O. The topological polar surface area (TPSA) is 35.5 Å². The molecule has 1 unspecified atom stereocenters. The molecule has 0 saturated carbocycles. The molecule has 1 rings (SSSR count). The van der Waals surface area contributed by atoms with Crippen LogP contribution in [0.2, 0.25) is 0 Å². The Morgan fingerprint density at radius 2 is 2.05 bits per heavy atom. The fraction of sp³-hybridized carbons (Fsp3) is 0.647. The third-order valence-electron chi connectivity index (χ3n) is 3.68. The number of hydrogen-bond acceptors (Lipinski definition) is 3. The van der Waals surface area contributed by atoms with Crippen LogP contribution >= 0.6 is 15.9 Å². The third kappa shape index (κ3) is 7.41. The third-order valence-corrected chi connectivity index (χ3v) is 4.17. The zero-order valence-corrected chi connectivity index (χ0v) is 14.9. The van der Waals surface area contributed by atoms with Gasteiger partial charge in [-0.15, -0.1) is 0 Å². The van der Waals surface area contributed by atoms with Gasteiger partial charge in [0.1, 0.15) is 0 Å². The van der Waals surface area contributed by atoms with E-state index >= 15 is 0 Å². The first kappa shape index (κ1) is 18.6. The molecule has 3 nitrogen and oxygen atoms in total. The quantitative estimate of drug-likeness (QED) is 0.635. The van der Waals surface area contributed by atoms with Gasteiger partial charge < -0.3 is 15.3 Å². The highest BCUT2D eigenvalue weighted by atomic mass is 79.9. The smallest absolute Gasteiger partial charge is 0.0558 e. The zero-order chi connectivity index (χ0) is 15.5. The summed E-state index contributed by atoms with van der Waals surface area (Å²) in [6, 6.07) is 8.89. The first-order valence-corrected chi connectivity index (χ1v) is 8.82. The average molecular weight is 357 g/mol. The Morgan fingerprint density at radius 3 is 2.67 bits per heavy atom. The highest BCUT2D eigenvalue weighted by Crippen LogP contribution is 2.21. The molecule has 0 aliphatic heterocycles. The molecule has 0 aliphatic carbocycles. The van der Waals surface area contributed by atoms with E-state index in [0.29, 0.717) is 6.04 Å². The molecule has 0 bridgehead atoms. The second-order valence-electron chi connectivity index (χ2n) is 5.37. The van der Waals surface area contributed by atoms with E-state index in [2.05, 4.69) is 64.3 Å². The minimum atomic E-state index is 0.243. The van der Waals surface area contributed by atoms with Crippen LogP contribution in [0.3, 0.4) is 0 Å². The lowest BCUT2D eigenvalue weighted by Gasteiger charge is -2.25. The number of aliphatic hydroxyl groups is 1. The molecule has 0 aromatic heterocycles. The zero-order valence-electron chi connectivity index (χ0n) is 13.3. The summed E-state index contributed by atoms with van der Waals surface area (Å²) in [5.74, 6) is 0. The molecule has 0 aliphatic rings. The van der Waals surface area contributed by atoms with Gasteiger partial charge in [-0.05, 0) is 43.6 Å². The van der Waals surface area contributed by atoms with Crippen molar-refractivity contribution in [2.45, 2.75) is 39.2 Å². The maximum Gasteiger partial charge on any atom is 0.0558 e. The minimum absolute atomic E-state index is 0.243. The molecule has 2 N–H and O–H groups in total. The van der Waals surface area contributed by atoms with Crippen LogP contribution in [0.4, 0.5) is 0 Å². The fourth-order valence-electron chi connectivity index (χ4n) is 2.53. The Hall–Kier alpha value is -0.420. The van der Waals surface area contributed by atoms with E-state index < -0.39 is 0 Å². The Bertz CT molecular complexity index is 387. The highest BCUT2D eigenvalue weighted by Gasteiger charge is 2.13. The summed E-state index contributed by atoms with van der Waals surface area (Å²) in [5, 5.41) is 12.8. The number of nitrogens with zero attached hydrogens (tertiary/aromatic N) is 1. The first-order valence-electron chi connectivity index (χ1n) is 8.03. The van der Waals surface area contributed by atoms with Gasteiger partial charge in [0.2, 0.25) is 0 Å². The van der Waals surface area contributed by atoms with Crippen LogP contribution in [0.15, 0.2) is 28.7 Å². The summed E-state index contributed by atoms with van der Waals surface area (Å²) in [6.07, 6.45) is 3.46.